The summed E-state index contributed by atoms with van der Waals surface area (Å²) >= 11 is 0. The standard InChI is InChI=1S/C10H8.B.H3N/c1-2-6-10-8-4-3-7-9(10)5-1;;/h1-8H;;1H3. The minimum Gasteiger partial charge on any atom is -0.344 e. The van der Waals surface area contributed by atoms with E-state index in [0.29, 0.717) is 0 Å². The van der Waals surface area contributed by atoms with Crippen molar-refractivity contribution >= 4 is 19.2 Å². The summed E-state index contributed by atoms with van der Waals surface area (Å²) in [4.78, 5) is 0. The lowest BCUT2D eigenvalue weighted by Crippen LogP contribution is -1.67. The van der Waals surface area contributed by atoms with Crippen LogP contribution in [0.5, 0.6) is 0 Å². The first-order valence-corrected chi connectivity index (χ1v) is 3.40. The molecule has 0 heterocycles. The molecule has 0 bridgehead atoms. The molecule has 3 N–H and O–H groups in total. The molecule has 0 aromatic heterocycles. The van der Waals surface area contributed by atoms with Crippen molar-refractivity contribution in [3.05, 3.63) is 48.5 Å². The maximum Gasteiger partial charge on any atom is 0 e. The second-order valence-electron chi connectivity index (χ2n) is 2.35. The van der Waals surface area contributed by atoms with Crippen LogP contribution in [0.1, 0.15) is 0 Å². The van der Waals surface area contributed by atoms with Gasteiger partial charge in [-0.05, 0) is 10.8 Å². The lowest BCUT2D eigenvalue weighted by Gasteiger charge is -1.92. The molecule has 0 aliphatic rings. The Labute approximate surface area is 74.6 Å². The Morgan fingerprint density at radius 1 is 0.583 bits per heavy atom. The summed E-state index contributed by atoms with van der Waals surface area (Å²) in [6.45, 7) is 0. The first-order valence-electron chi connectivity index (χ1n) is 3.40. The van der Waals surface area contributed by atoms with Crippen molar-refractivity contribution in [1.82, 2.24) is 6.15 Å². The van der Waals surface area contributed by atoms with E-state index >= 15 is 0 Å². The molecule has 2 aromatic rings. The van der Waals surface area contributed by atoms with Gasteiger partial charge in [-0.3, -0.25) is 0 Å². The summed E-state index contributed by atoms with van der Waals surface area (Å²) in [6, 6.07) is 16.7. The summed E-state index contributed by atoms with van der Waals surface area (Å²) in [7, 11) is 0. The SMILES string of the molecule is N.[B].c1ccc2ccccc2c1. The van der Waals surface area contributed by atoms with E-state index in [9.17, 15) is 0 Å². The molecule has 0 fully saturated rings. The van der Waals surface area contributed by atoms with Crippen molar-refractivity contribution in [2.75, 3.05) is 0 Å². The van der Waals surface area contributed by atoms with Gasteiger partial charge in [-0.2, -0.15) is 0 Å². The van der Waals surface area contributed by atoms with Crippen LogP contribution < -0.4 is 6.15 Å². The van der Waals surface area contributed by atoms with Crippen LogP contribution in [-0.2, 0) is 0 Å². The van der Waals surface area contributed by atoms with Gasteiger partial charge in [0.1, 0.15) is 0 Å². The van der Waals surface area contributed by atoms with Crippen molar-refractivity contribution < 1.29 is 0 Å². The Morgan fingerprint density at radius 2 is 0.833 bits per heavy atom. The summed E-state index contributed by atoms with van der Waals surface area (Å²) in [6.07, 6.45) is 0. The molecule has 0 amide bonds. The predicted octanol–water partition coefficient (Wildman–Crippen LogP) is 2.62. The molecule has 0 unspecified atom stereocenters. The highest BCUT2D eigenvalue weighted by Gasteiger charge is 1.85. The van der Waals surface area contributed by atoms with E-state index in [2.05, 4.69) is 48.5 Å². The van der Waals surface area contributed by atoms with Gasteiger partial charge in [-0.1, -0.05) is 48.5 Å². The van der Waals surface area contributed by atoms with Gasteiger partial charge in [0.2, 0.25) is 0 Å². The molecule has 1 nitrogen and oxygen atoms in total. The van der Waals surface area contributed by atoms with E-state index < -0.39 is 0 Å². The van der Waals surface area contributed by atoms with E-state index in [1.54, 1.807) is 0 Å². The number of fused-ring (bicyclic) bond motifs is 1. The Hall–Kier alpha value is -1.28. The fourth-order valence-electron chi connectivity index (χ4n) is 1.13. The molecule has 2 heteroatoms. The number of hydrogen-bond acceptors (Lipinski definition) is 1. The Bertz CT molecular complexity index is 281. The average molecular weight is 156 g/mol. The average Bonchev–Trinajstić information content (AvgIpc) is 2.05. The minimum absolute atomic E-state index is 0. The van der Waals surface area contributed by atoms with Crippen molar-refractivity contribution in [2.45, 2.75) is 0 Å². The van der Waals surface area contributed by atoms with Crippen LogP contribution in [0.2, 0.25) is 0 Å². The van der Waals surface area contributed by atoms with E-state index in [1.807, 2.05) is 0 Å². The van der Waals surface area contributed by atoms with Gasteiger partial charge in [-0.15, -0.1) is 0 Å². The molecule has 0 aliphatic carbocycles. The maximum atomic E-state index is 2.12. The molecule has 0 saturated heterocycles. The summed E-state index contributed by atoms with van der Waals surface area (Å²) < 4.78 is 0. The van der Waals surface area contributed by atoms with E-state index in [0.717, 1.165) is 0 Å². The Kier molecular flexibility index (Phi) is 4.09. The van der Waals surface area contributed by atoms with Crippen LogP contribution >= 0.6 is 0 Å². The van der Waals surface area contributed by atoms with Crippen molar-refractivity contribution in [1.29, 1.82) is 0 Å². The van der Waals surface area contributed by atoms with Gasteiger partial charge in [0.15, 0.2) is 0 Å². The number of benzene rings is 2. The van der Waals surface area contributed by atoms with Gasteiger partial charge in [-0.25, -0.2) is 0 Å². The van der Waals surface area contributed by atoms with E-state index in [-0.39, 0.29) is 14.6 Å². The lowest BCUT2D eigenvalue weighted by molar-refractivity contribution is 1.75. The molecule has 0 atom stereocenters. The van der Waals surface area contributed by atoms with Gasteiger partial charge >= 0.3 is 0 Å². The largest absolute Gasteiger partial charge is 0.344 e. The number of rotatable bonds is 0. The first-order chi connectivity index (χ1) is 4.97. The van der Waals surface area contributed by atoms with E-state index in [1.165, 1.54) is 10.8 Å². The normalized spacial score (nSPS) is 8.33. The predicted molar refractivity (Wildman–Crippen MR) is 54.7 cm³/mol. The molecule has 2 rings (SSSR count). The first kappa shape index (κ1) is 10.7. The zero-order chi connectivity index (χ0) is 6.81. The zero-order valence-electron chi connectivity index (χ0n) is 6.90. The summed E-state index contributed by atoms with van der Waals surface area (Å²) in [5.41, 5.74) is 0. The van der Waals surface area contributed by atoms with Crippen LogP contribution in [0.15, 0.2) is 48.5 Å². The molecular formula is C10H11BN. The molecule has 0 saturated carbocycles. The van der Waals surface area contributed by atoms with Gasteiger partial charge in [0.25, 0.3) is 0 Å². The maximum absolute atomic E-state index is 2.12. The zero-order valence-corrected chi connectivity index (χ0v) is 6.90. The second-order valence-corrected chi connectivity index (χ2v) is 2.35. The molecule has 0 spiro atoms. The Balaban J connectivity index is 0.000000605. The van der Waals surface area contributed by atoms with Crippen LogP contribution in [0.25, 0.3) is 10.8 Å². The van der Waals surface area contributed by atoms with Crippen molar-refractivity contribution in [3.8, 4) is 0 Å². The second kappa shape index (κ2) is 4.57. The minimum atomic E-state index is 0. The topological polar surface area (TPSA) is 35.0 Å². The van der Waals surface area contributed by atoms with Crippen LogP contribution in [0.3, 0.4) is 0 Å². The fourth-order valence-corrected chi connectivity index (χ4v) is 1.13. The van der Waals surface area contributed by atoms with Crippen LogP contribution in [-0.4, -0.2) is 8.41 Å². The number of hydrogen-bond donors (Lipinski definition) is 1. The third kappa shape index (κ3) is 1.86. The summed E-state index contributed by atoms with van der Waals surface area (Å²) in [5, 5.41) is 2.62. The molecule has 3 radical (unpaired) electrons. The molecular weight excluding hydrogens is 145 g/mol. The highest BCUT2D eigenvalue weighted by Crippen LogP contribution is 2.11. The van der Waals surface area contributed by atoms with Crippen molar-refractivity contribution in [2.24, 2.45) is 0 Å². The molecule has 12 heavy (non-hydrogen) atoms. The third-order valence-electron chi connectivity index (χ3n) is 1.66. The van der Waals surface area contributed by atoms with Crippen LogP contribution in [0, 0.1) is 0 Å². The lowest BCUT2D eigenvalue weighted by atomic mass is 10.1. The third-order valence-corrected chi connectivity index (χ3v) is 1.66. The van der Waals surface area contributed by atoms with Gasteiger partial charge in [0.05, 0.1) is 0 Å². The molecule has 0 aliphatic heterocycles. The fraction of sp³-hybridized carbons (Fsp3) is 0. The highest BCUT2D eigenvalue weighted by molar-refractivity contribution is 5.81. The van der Waals surface area contributed by atoms with Crippen molar-refractivity contribution in [3.63, 3.8) is 0 Å². The summed E-state index contributed by atoms with van der Waals surface area (Å²) in [5.74, 6) is 0. The van der Waals surface area contributed by atoms with Gasteiger partial charge in [0, 0.05) is 8.41 Å². The quantitative estimate of drug-likeness (QED) is 0.584. The molecule has 59 valence electrons. The van der Waals surface area contributed by atoms with Crippen LogP contribution in [0.4, 0.5) is 0 Å². The van der Waals surface area contributed by atoms with E-state index in [4.69, 9.17) is 0 Å². The molecule has 2 aromatic carbocycles. The Morgan fingerprint density at radius 3 is 1.08 bits per heavy atom. The monoisotopic (exact) mass is 156 g/mol. The smallest absolute Gasteiger partial charge is 0 e. The highest BCUT2D eigenvalue weighted by atomic mass is 14.0. The van der Waals surface area contributed by atoms with Gasteiger partial charge < -0.3 is 6.15 Å².